The van der Waals surface area contributed by atoms with Crippen LogP contribution in [0.1, 0.15) is 34.5 Å². The maximum absolute atomic E-state index is 11.9. The number of hydrogen-bond acceptors (Lipinski definition) is 6. The first-order chi connectivity index (χ1) is 9.22. The summed E-state index contributed by atoms with van der Waals surface area (Å²) in [6.45, 7) is 2.60. The average Bonchev–Trinajstić information content (AvgIpc) is 3.05. The lowest BCUT2D eigenvalue weighted by atomic mass is 10.3. The van der Waals surface area contributed by atoms with E-state index < -0.39 is 0 Å². The molecule has 0 saturated heterocycles. The van der Waals surface area contributed by atoms with Crippen LogP contribution in [0.4, 0.5) is 0 Å². The Hall–Kier alpha value is -0.920. The van der Waals surface area contributed by atoms with E-state index in [-0.39, 0.29) is 5.91 Å². The zero-order valence-corrected chi connectivity index (χ0v) is 13.3. The monoisotopic (exact) mass is 313 g/mol. The third-order valence-corrected chi connectivity index (χ3v) is 5.20. The van der Waals surface area contributed by atoms with Crippen molar-refractivity contribution in [1.29, 1.82) is 0 Å². The van der Waals surface area contributed by atoms with Gasteiger partial charge in [-0.05, 0) is 19.1 Å². The van der Waals surface area contributed by atoms with Crippen LogP contribution >= 0.6 is 34.4 Å². The summed E-state index contributed by atoms with van der Waals surface area (Å²) in [7, 11) is 0. The molecule has 0 bridgehead atoms. The van der Waals surface area contributed by atoms with Crippen molar-refractivity contribution in [2.45, 2.75) is 30.6 Å². The smallest absolute Gasteiger partial charge is 0.271 e. The Morgan fingerprint density at radius 3 is 2.89 bits per heavy atom. The molecule has 0 spiro atoms. The standard InChI is InChI=1S/C12H15N3OS3/c1-3-4-10-14-8(6-18-10)5-13-11(16)9-7-19-12(15-9)17-2/h6-7H,3-5H2,1-2H3,(H,13,16). The highest BCUT2D eigenvalue weighted by Gasteiger charge is 2.10. The van der Waals surface area contributed by atoms with Crippen molar-refractivity contribution in [3.8, 4) is 0 Å². The number of carbonyl (C=O) groups excluding carboxylic acids is 1. The summed E-state index contributed by atoms with van der Waals surface area (Å²) >= 11 is 4.68. The zero-order valence-electron chi connectivity index (χ0n) is 10.8. The largest absolute Gasteiger partial charge is 0.345 e. The third kappa shape index (κ3) is 4.02. The number of rotatable bonds is 6. The quantitative estimate of drug-likeness (QED) is 0.832. The van der Waals surface area contributed by atoms with Crippen LogP contribution in [-0.2, 0) is 13.0 Å². The summed E-state index contributed by atoms with van der Waals surface area (Å²) in [5.41, 5.74) is 1.40. The zero-order chi connectivity index (χ0) is 13.7. The lowest BCUT2D eigenvalue weighted by Crippen LogP contribution is -2.23. The fraction of sp³-hybridized carbons (Fsp3) is 0.417. The molecule has 1 amide bonds. The molecule has 0 unspecified atom stereocenters. The summed E-state index contributed by atoms with van der Waals surface area (Å²) in [6.07, 6.45) is 4.04. The molecule has 1 N–H and O–H groups in total. The molecule has 0 aliphatic heterocycles. The van der Waals surface area contributed by atoms with Gasteiger partial charge in [-0.15, -0.1) is 22.7 Å². The lowest BCUT2D eigenvalue weighted by Gasteiger charge is -1.99. The van der Waals surface area contributed by atoms with Gasteiger partial charge in [0.25, 0.3) is 5.91 Å². The van der Waals surface area contributed by atoms with Crippen LogP contribution in [0.2, 0.25) is 0 Å². The predicted molar refractivity (Wildman–Crippen MR) is 81.2 cm³/mol. The summed E-state index contributed by atoms with van der Waals surface area (Å²) in [5.74, 6) is -0.137. The van der Waals surface area contributed by atoms with Crippen molar-refractivity contribution in [2.75, 3.05) is 6.26 Å². The molecule has 0 fully saturated rings. The van der Waals surface area contributed by atoms with Gasteiger partial charge in [0.05, 0.1) is 17.2 Å². The van der Waals surface area contributed by atoms with Crippen LogP contribution in [0.15, 0.2) is 15.1 Å². The minimum Gasteiger partial charge on any atom is -0.345 e. The minimum atomic E-state index is -0.137. The molecule has 7 heteroatoms. The molecular weight excluding hydrogens is 298 g/mol. The first kappa shape index (κ1) is 14.5. The topological polar surface area (TPSA) is 54.9 Å². The Morgan fingerprint density at radius 2 is 2.21 bits per heavy atom. The van der Waals surface area contributed by atoms with Gasteiger partial charge in [-0.3, -0.25) is 4.79 Å². The van der Waals surface area contributed by atoms with E-state index in [0.29, 0.717) is 12.2 Å². The van der Waals surface area contributed by atoms with E-state index in [1.807, 2.05) is 11.6 Å². The van der Waals surface area contributed by atoms with Crippen molar-refractivity contribution in [2.24, 2.45) is 0 Å². The summed E-state index contributed by atoms with van der Waals surface area (Å²) in [4.78, 5) is 20.6. The van der Waals surface area contributed by atoms with E-state index >= 15 is 0 Å². The van der Waals surface area contributed by atoms with Gasteiger partial charge in [-0.25, -0.2) is 9.97 Å². The number of amides is 1. The van der Waals surface area contributed by atoms with Gasteiger partial charge < -0.3 is 5.32 Å². The molecule has 2 aromatic heterocycles. The minimum absolute atomic E-state index is 0.137. The van der Waals surface area contributed by atoms with Gasteiger partial charge in [0.2, 0.25) is 0 Å². The van der Waals surface area contributed by atoms with E-state index in [0.717, 1.165) is 27.9 Å². The maximum Gasteiger partial charge on any atom is 0.271 e. The van der Waals surface area contributed by atoms with Gasteiger partial charge in [-0.2, -0.15) is 0 Å². The highest BCUT2D eigenvalue weighted by atomic mass is 32.2. The van der Waals surface area contributed by atoms with Crippen LogP contribution in [0.5, 0.6) is 0 Å². The second-order valence-corrected chi connectivity index (χ2v) is 6.72. The molecule has 4 nitrogen and oxygen atoms in total. The van der Waals surface area contributed by atoms with Crippen LogP contribution < -0.4 is 5.32 Å². The first-order valence-corrected chi connectivity index (χ1v) is 8.92. The molecule has 2 aromatic rings. The van der Waals surface area contributed by atoms with Crippen LogP contribution in [0.25, 0.3) is 0 Å². The van der Waals surface area contributed by atoms with Crippen molar-refractivity contribution < 1.29 is 4.79 Å². The molecule has 2 rings (SSSR count). The normalized spacial score (nSPS) is 10.6. The highest BCUT2D eigenvalue weighted by Crippen LogP contribution is 2.19. The van der Waals surface area contributed by atoms with Crippen LogP contribution in [0.3, 0.4) is 0 Å². The molecular formula is C12H15N3OS3. The van der Waals surface area contributed by atoms with E-state index in [9.17, 15) is 4.79 Å². The molecule has 0 atom stereocenters. The van der Waals surface area contributed by atoms with Crippen molar-refractivity contribution >= 4 is 40.3 Å². The molecule has 0 aliphatic carbocycles. The third-order valence-electron chi connectivity index (χ3n) is 2.38. The van der Waals surface area contributed by atoms with Crippen molar-refractivity contribution in [3.63, 3.8) is 0 Å². The molecule has 0 saturated carbocycles. The fourth-order valence-corrected chi connectivity index (χ4v) is 3.62. The van der Waals surface area contributed by atoms with E-state index in [1.54, 1.807) is 28.5 Å². The lowest BCUT2D eigenvalue weighted by molar-refractivity contribution is 0.0945. The van der Waals surface area contributed by atoms with E-state index in [4.69, 9.17) is 0 Å². The van der Waals surface area contributed by atoms with E-state index in [1.165, 1.54) is 11.3 Å². The summed E-state index contributed by atoms with van der Waals surface area (Å²) < 4.78 is 0.907. The molecule has 19 heavy (non-hydrogen) atoms. The van der Waals surface area contributed by atoms with Gasteiger partial charge in [0, 0.05) is 10.8 Å². The molecule has 0 radical (unpaired) electrons. The van der Waals surface area contributed by atoms with Crippen molar-refractivity contribution in [1.82, 2.24) is 15.3 Å². The Morgan fingerprint density at radius 1 is 1.37 bits per heavy atom. The van der Waals surface area contributed by atoms with Gasteiger partial charge >= 0.3 is 0 Å². The number of thioether (sulfide) groups is 1. The Balaban J connectivity index is 1.88. The van der Waals surface area contributed by atoms with Crippen molar-refractivity contribution in [3.05, 3.63) is 27.2 Å². The summed E-state index contributed by atoms with van der Waals surface area (Å²) in [5, 5.41) is 7.76. The molecule has 0 aliphatic rings. The van der Waals surface area contributed by atoms with Gasteiger partial charge in [0.1, 0.15) is 10.0 Å². The highest BCUT2D eigenvalue weighted by molar-refractivity contribution is 8.00. The Kier molecular flexibility index (Phi) is 5.35. The average molecular weight is 313 g/mol. The fourth-order valence-electron chi connectivity index (χ4n) is 1.48. The second kappa shape index (κ2) is 7.02. The second-order valence-electron chi connectivity index (χ2n) is 3.87. The molecule has 102 valence electrons. The summed E-state index contributed by atoms with van der Waals surface area (Å²) in [6, 6.07) is 0. The maximum atomic E-state index is 11.9. The Bertz CT molecular complexity index is 550. The number of hydrogen-bond donors (Lipinski definition) is 1. The van der Waals surface area contributed by atoms with Gasteiger partial charge in [-0.1, -0.05) is 18.7 Å². The molecule has 0 aromatic carbocycles. The van der Waals surface area contributed by atoms with Gasteiger partial charge in [0.15, 0.2) is 0 Å². The van der Waals surface area contributed by atoms with Crippen LogP contribution in [0, 0.1) is 0 Å². The number of carbonyl (C=O) groups is 1. The van der Waals surface area contributed by atoms with Crippen LogP contribution in [-0.4, -0.2) is 22.1 Å². The predicted octanol–water partition coefficient (Wildman–Crippen LogP) is 3.20. The number of aryl methyl sites for hydroxylation is 1. The SMILES string of the molecule is CCCc1nc(CNC(=O)c2csc(SC)n2)cs1. The molecule has 2 heterocycles. The Labute approximate surface area is 124 Å². The number of aromatic nitrogens is 2. The number of nitrogens with zero attached hydrogens (tertiary/aromatic N) is 2. The van der Waals surface area contributed by atoms with E-state index in [2.05, 4.69) is 22.2 Å². The first-order valence-electron chi connectivity index (χ1n) is 5.94. The number of thiazole rings is 2. The number of nitrogens with one attached hydrogen (secondary N) is 1.